The average molecular weight is 322 g/mol. The number of para-hydroxylation sites is 1. The summed E-state index contributed by atoms with van der Waals surface area (Å²) in [5.41, 5.74) is 1.30. The van der Waals surface area contributed by atoms with Gasteiger partial charge < -0.3 is 14.6 Å². The van der Waals surface area contributed by atoms with Crippen molar-refractivity contribution in [3.8, 4) is 5.75 Å². The van der Waals surface area contributed by atoms with Gasteiger partial charge in [-0.25, -0.2) is 0 Å². The van der Waals surface area contributed by atoms with E-state index < -0.39 is 5.91 Å². The molecule has 1 amide bonds. The monoisotopic (exact) mass is 322 g/mol. The fourth-order valence-electron chi connectivity index (χ4n) is 2.64. The van der Waals surface area contributed by atoms with Crippen molar-refractivity contribution in [1.29, 1.82) is 0 Å². The van der Waals surface area contributed by atoms with Gasteiger partial charge in [0.15, 0.2) is 0 Å². The van der Waals surface area contributed by atoms with Gasteiger partial charge in [0, 0.05) is 23.8 Å². The summed E-state index contributed by atoms with van der Waals surface area (Å²) in [7, 11) is 1.58. The van der Waals surface area contributed by atoms with Gasteiger partial charge in [0.1, 0.15) is 11.3 Å². The van der Waals surface area contributed by atoms with Crippen molar-refractivity contribution in [1.82, 2.24) is 4.57 Å². The smallest absolute Gasteiger partial charge is 0.261 e. The molecule has 0 bridgehead atoms. The highest BCUT2D eigenvalue weighted by atomic mass is 16.5. The highest BCUT2D eigenvalue weighted by molar-refractivity contribution is 6.05. The maximum atomic E-state index is 12.6. The van der Waals surface area contributed by atoms with Gasteiger partial charge in [0.2, 0.25) is 5.43 Å². The third-order valence-corrected chi connectivity index (χ3v) is 3.92. The molecule has 24 heavy (non-hydrogen) atoms. The molecule has 1 N–H and O–H groups in total. The Morgan fingerprint density at radius 1 is 1.12 bits per heavy atom. The summed E-state index contributed by atoms with van der Waals surface area (Å²) < 4.78 is 6.99. The number of hydrogen-bond donors (Lipinski definition) is 1. The number of fused-ring (bicyclic) bond motifs is 1. The van der Waals surface area contributed by atoms with Crippen LogP contribution in [-0.2, 0) is 6.54 Å². The van der Waals surface area contributed by atoms with E-state index >= 15 is 0 Å². The van der Waals surface area contributed by atoms with E-state index in [2.05, 4.69) is 5.32 Å². The van der Waals surface area contributed by atoms with Gasteiger partial charge in [-0.1, -0.05) is 12.1 Å². The number of carbonyl (C=O) groups is 1. The zero-order valence-electron chi connectivity index (χ0n) is 13.6. The number of anilines is 1. The number of hydrogen-bond acceptors (Lipinski definition) is 3. The van der Waals surface area contributed by atoms with Crippen LogP contribution in [-0.4, -0.2) is 17.6 Å². The molecule has 0 fully saturated rings. The summed E-state index contributed by atoms with van der Waals surface area (Å²) in [6.45, 7) is 2.64. The van der Waals surface area contributed by atoms with E-state index in [1.54, 1.807) is 49.7 Å². The molecule has 3 rings (SSSR count). The van der Waals surface area contributed by atoms with E-state index in [1.807, 2.05) is 23.6 Å². The number of aromatic nitrogens is 1. The molecule has 2 aromatic carbocycles. The first-order valence-corrected chi connectivity index (χ1v) is 7.71. The summed E-state index contributed by atoms with van der Waals surface area (Å²) in [5.74, 6) is 0.283. The zero-order chi connectivity index (χ0) is 17.1. The molecule has 0 saturated heterocycles. The van der Waals surface area contributed by atoms with Gasteiger partial charge in [-0.15, -0.1) is 0 Å². The third kappa shape index (κ3) is 2.88. The first-order chi connectivity index (χ1) is 11.6. The fourth-order valence-corrected chi connectivity index (χ4v) is 2.64. The Balaban J connectivity index is 2.00. The fraction of sp³-hybridized carbons (Fsp3) is 0.158. The minimum Gasteiger partial charge on any atom is -0.497 e. The van der Waals surface area contributed by atoms with Crippen LogP contribution in [0.25, 0.3) is 10.9 Å². The molecule has 122 valence electrons. The molecule has 0 unspecified atom stereocenters. The Bertz CT molecular complexity index is 943. The summed E-state index contributed by atoms with van der Waals surface area (Å²) in [6.07, 6.45) is 1.61. The number of ether oxygens (including phenoxy) is 1. The van der Waals surface area contributed by atoms with Crippen molar-refractivity contribution in [2.75, 3.05) is 12.4 Å². The normalized spacial score (nSPS) is 10.6. The van der Waals surface area contributed by atoms with Crippen LogP contribution in [0.3, 0.4) is 0 Å². The first kappa shape index (κ1) is 15.8. The number of amides is 1. The Kier molecular flexibility index (Phi) is 4.33. The van der Waals surface area contributed by atoms with Gasteiger partial charge in [-0.2, -0.15) is 0 Å². The van der Waals surface area contributed by atoms with Gasteiger partial charge in [0.05, 0.1) is 12.6 Å². The van der Waals surface area contributed by atoms with E-state index in [-0.39, 0.29) is 11.0 Å². The van der Waals surface area contributed by atoms with E-state index in [4.69, 9.17) is 4.74 Å². The SMILES string of the molecule is CCn1cc(C(=O)Nc2ccc(OC)cc2)c(=O)c2ccccc21. The molecular formula is C19H18N2O3. The minimum atomic E-state index is -0.418. The third-order valence-electron chi connectivity index (χ3n) is 3.92. The molecular weight excluding hydrogens is 304 g/mol. The Morgan fingerprint density at radius 2 is 1.83 bits per heavy atom. The topological polar surface area (TPSA) is 60.3 Å². The van der Waals surface area contributed by atoms with E-state index in [0.29, 0.717) is 23.4 Å². The van der Waals surface area contributed by atoms with Gasteiger partial charge in [-0.3, -0.25) is 9.59 Å². The van der Waals surface area contributed by atoms with Gasteiger partial charge in [0.25, 0.3) is 5.91 Å². The van der Waals surface area contributed by atoms with Crippen LogP contribution < -0.4 is 15.5 Å². The molecule has 5 heteroatoms. The first-order valence-electron chi connectivity index (χ1n) is 7.71. The molecule has 5 nitrogen and oxygen atoms in total. The van der Waals surface area contributed by atoms with Crippen LogP contribution in [0.1, 0.15) is 17.3 Å². The lowest BCUT2D eigenvalue weighted by atomic mass is 10.1. The Hall–Kier alpha value is -3.08. The second-order valence-corrected chi connectivity index (χ2v) is 5.36. The molecule has 0 atom stereocenters. The predicted octanol–water partition coefficient (Wildman–Crippen LogP) is 3.28. The number of benzene rings is 2. The Morgan fingerprint density at radius 3 is 2.50 bits per heavy atom. The molecule has 1 heterocycles. The maximum absolute atomic E-state index is 12.6. The molecule has 0 aliphatic heterocycles. The van der Waals surface area contributed by atoms with Crippen LogP contribution in [0.5, 0.6) is 5.75 Å². The quantitative estimate of drug-likeness (QED) is 0.802. The lowest BCUT2D eigenvalue weighted by molar-refractivity contribution is 0.102. The molecule has 0 aliphatic rings. The van der Waals surface area contributed by atoms with Crippen molar-refractivity contribution in [3.05, 3.63) is 70.5 Å². The molecule has 0 radical (unpaired) electrons. The molecule has 0 spiro atoms. The summed E-state index contributed by atoms with van der Waals surface area (Å²) >= 11 is 0. The van der Waals surface area contributed by atoms with Gasteiger partial charge >= 0.3 is 0 Å². The molecule has 3 aromatic rings. The molecule has 0 saturated carbocycles. The van der Waals surface area contributed by atoms with Gasteiger partial charge in [-0.05, 0) is 43.3 Å². The summed E-state index contributed by atoms with van der Waals surface area (Å²) in [4.78, 5) is 25.2. The number of nitrogens with one attached hydrogen (secondary N) is 1. The summed E-state index contributed by atoms with van der Waals surface area (Å²) in [5, 5.41) is 3.30. The Labute approximate surface area is 139 Å². The van der Waals surface area contributed by atoms with E-state index in [9.17, 15) is 9.59 Å². The van der Waals surface area contributed by atoms with Crippen molar-refractivity contribution < 1.29 is 9.53 Å². The van der Waals surface area contributed by atoms with Crippen molar-refractivity contribution in [2.24, 2.45) is 0 Å². The highest BCUT2D eigenvalue weighted by Gasteiger charge is 2.15. The number of nitrogens with zero attached hydrogens (tertiary/aromatic N) is 1. The lowest BCUT2D eigenvalue weighted by Gasteiger charge is -2.12. The van der Waals surface area contributed by atoms with E-state index in [1.165, 1.54) is 0 Å². The zero-order valence-corrected chi connectivity index (χ0v) is 13.6. The number of methoxy groups -OCH3 is 1. The number of carbonyl (C=O) groups excluding carboxylic acids is 1. The number of rotatable bonds is 4. The van der Waals surface area contributed by atoms with Crippen LogP contribution in [0.2, 0.25) is 0 Å². The van der Waals surface area contributed by atoms with Crippen molar-refractivity contribution in [2.45, 2.75) is 13.5 Å². The van der Waals surface area contributed by atoms with Crippen LogP contribution >= 0.6 is 0 Å². The highest BCUT2D eigenvalue weighted by Crippen LogP contribution is 2.16. The average Bonchev–Trinajstić information content (AvgIpc) is 2.63. The second kappa shape index (κ2) is 6.58. The van der Waals surface area contributed by atoms with Crippen molar-refractivity contribution in [3.63, 3.8) is 0 Å². The second-order valence-electron chi connectivity index (χ2n) is 5.36. The van der Waals surface area contributed by atoms with Crippen LogP contribution in [0.4, 0.5) is 5.69 Å². The number of pyridine rings is 1. The maximum Gasteiger partial charge on any atom is 0.261 e. The summed E-state index contributed by atoms with van der Waals surface area (Å²) in [6, 6.07) is 14.3. The largest absolute Gasteiger partial charge is 0.497 e. The standard InChI is InChI=1S/C19H18N2O3/c1-3-21-12-16(18(22)15-6-4-5-7-17(15)21)19(23)20-13-8-10-14(24-2)11-9-13/h4-12H,3H2,1-2H3,(H,20,23). The van der Waals surface area contributed by atoms with E-state index in [0.717, 1.165) is 5.52 Å². The molecule has 1 aromatic heterocycles. The lowest BCUT2D eigenvalue weighted by Crippen LogP contribution is -2.23. The minimum absolute atomic E-state index is 0.131. The predicted molar refractivity (Wildman–Crippen MR) is 94.8 cm³/mol. The van der Waals surface area contributed by atoms with Crippen LogP contribution in [0.15, 0.2) is 59.5 Å². The van der Waals surface area contributed by atoms with Crippen LogP contribution in [0, 0.1) is 0 Å². The number of aryl methyl sites for hydroxylation is 1. The van der Waals surface area contributed by atoms with Crippen molar-refractivity contribution >= 4 is 22.5 Å². The molecule has 0 aliphatic carbocycles.